The minimum Gasteiger partial charge on any atom is -0.381 e. The third-order valence-corrected chi connectivity index (χ3v) is 5.13. The monoisotopic (exact) mass is 281 g/mol. The van der Waals surface area contributed by atoms with E-state index >= 15 is 0 Å². The number of rotatable bonds is 3. The van der Waals surface area contributed by atoms with Crippen molar-refractivity contribution in [2.24, 2.45) is 17.8 Å². The fraction of sp³-hybridized carbons (Fsp3) is 0.467. The van der Waals surface area contributed by atoms with Gasteiger partial charge in [0.15, 0.2) is 0 Å². The van der Waals surface area contributed by atoms with E-state index in [4.69, 9.17) is 23.2 Å². The van der Waals surface area contributed by atoms with Crippen LogP contribution in [-0.4, -0.2) is 6.04 Å². The zero-order chi connectivity index (χ0) is 12.7. The molecule has 0 radical (unpaired) electrons. The molecule has 0 heterocycles. The lowest BCUT2D eigenvalue weighted by Gasteiger charge is -2.27. The van der Waals surface area contributed by atoms with E-state index in [0.717, 1.165) is 23.4 Å². The lowest BCUT2D eigenvalue weighted by atomic mass is 9.87. The van der Waals surface area contributed by atoms with E-state index in [2.05, 4.69) is 24.4 Å². The van der Waals surface area contributed by atoms with Gasteiger partial charge in [-0.3, -0.25) is 0 Å². The highest BCUT2D eigenvalue weighted by molar-refractivity contribution is 6.43. The van der Waals surface area contributed by atoms with Gasteiger partial charge in [-0.05, 0) is 49.7 Å². The normalized spacial score (nSPS) is 30.7. The lowest BCUT2D eigenvalue weighted by molar-refractivity contribution is 0.400. The minimum atomic E-state index is 0.431. The molecule has 2 aliphatic rings. The summed E-state index contributed by atoms with van der Waals surface area (Å²) in [6.07, 6.45) is 7.39. The second-order valence-electron chi connectivity index (χ2n) is 5.48. The number of nitrogens with one attached hydrogen (secondary N) is 1. The third-order valence-electron chi connectivity index (χ3n) is 4.31. The quantitative estimate of drug-likeness (QED) is 0.769. The number of hydrogen-bond donors (Lipinski definition) is 1. The highest BCUT2D eigenvalue weighted by Gasteiger charge is 2.38. The van der Waals surface area contributed by atoms with Crippen molar-refractivity contribution < 1.29 is 0 Å². The van der Waals surface area contributed by atoms with Crippen molar-refractivity contribution in [3.05, 3.63) is 40.4 Å². The molecule has 1 fully saturated rings. The summed E-state index contributed by atoms with van der Waals surface area (Å²) in [7, 11) is 0. The zero-order valence-corrected chi connectivity index (χ0v) is 11.9. The molecule has 1 N–H and O–H groups in total. The lowest BCUT2D eigenvalue weighted by Crippen LogP contribution is -2.28. The summed E-state index contributed by atoms with van der Waals surface area (Å²) in [5, 5.41) is 4.77. The van der Waals surface area contributed by atoms with Crippen LogP contribution >= 0.6 is 23.2 Å². The molecule has 0 saturated heterocycles. The van der Waals surface area contributed by atoms with Crippen LogP contribution in [0.1, 0.15) is 19.8 Å². The summed E-state index contributed by atoms with van der Waals surface area (Å²) < 4.78 is 0. The van der Waals surface area contributed by atoms with Crippen molar-refractivity contribution >= 4 is 28.9 Å². The maximum atomic E-state index is 6.21. The first-order valence-electron chi connectivity index (χ1n) is 6.54. The topological polar surface area (TPSA) is 12.0 Å². The number of anilines is 1. The average molecular weight is 282 g/mol. The maximum absolute atomic E-state index is 6.21. The van der Waals surface area contributed by atoms with Crippen LogP contribution in [0.4, 0.5) is 5.69 Å². The molecule has 0 aliphatic heterocycles. The molecule has 1 aromatic carbocycles. The molecule has 1 saturated carbocycles. The van der Waals surface area contributed by atoms with Gasteiger partial charge in [-0.2, -0.15) is 0 Å². The molecule has 0 amide bonds. The van der Waals surface area contributed by atoms with E-state index in [1.165, 1.54) is 12.8 Å². The summed E-state index contributed by atoms with van der Waals surface area (Å²) in [6, 6.07) is 6.18. The summed E-state index contributed by atoms with van der Waals surface area (Å²) in [5.74, 6) is 2.27. The molecule has 3 heteroatoms. The number of hydrogen-bond acceptors (Lipinski definition) is 1. The van der Waals surface area contributed by atoms with Gasteiger partial charge in [-0.15, -0.1) is 0 Å². The molecule has 2 bridgehead atoms. The molecule has 18 heavy (non-hydrogen) atoms. The first-order valence-corrected chi connectivity index (χ1v) is 7.29. The highest BCUT2D eigenvalue weighted by Crippen LogP contribution is 2.45. The van der Waals surface area contributed by atoms with Crippen LogP contribution in [-0.2, 0) is 0 Å². The van der Waals surface area contributed by atoms with E-state index in [1.54, 1.807) is 0 Å². The minimum absolute atomic E-state index is 0.431. The van der Waals surface area contributed by atoms with Gasteiger partial charge in [0, 0.05) is 6.04 Å². The van der Waals surface area contributed by atoms with Crippen molar-refractivity contribution in [1.82, 2.24) is 0 Å². The SMILES string of the molecule is CC(Nc1cccc(Cl)c1Cl)C1CC2C=CC1C2. The van der Waals surface area contributed by atoms with Crippen LogP contribution in [0.2, 0.25) is 10.0 Å². The first-order chi connectivity index (χ1) is 8.65. The van der Waals surface area contributed by atoms with Crippen LogP contribution < -0.4 is 5.32 Å². The Morgan fingerprint density at radius 3 is 2.72 bits per heavy atom. The van der Waals surface area contributed by atoms with Crippen LogP contribution in [0.25, 0.3) is 0 Å². The van der Waals surface area contributed by atoms with Crippen molar-refractivity contribution in [2.45, 2.75) is 25.8 Å². The van der Waals surface area contributed by atoms with Gasteiger partial charge in [0.05, 0.1) is 15.7 Å². The molecular weight excluding hydrogens is 265 g/mol. The Hall–Kier alpha value is -0.660. The largest absolute Gasteiger partial charge is 0.381 e. The fourth-order valence-electron chi connectivity index (χ4n) is 3.37. The van der Waals surface area contributed by atoms with E-state index in [9.17, 15) is 0 Å². The number of allylic oxidation sites excluding steroid dienone is 2. The van der Waals surface area contributed by atoms with Crippen LogP contribution in [0.5, 0.6) is 0 Å². The molecule has 0 spiro atoms. The Kier molecular flexibility index (Phi) is 3.29. The Bertz CT molecular complexity index is 483. The molecule has 0 aromatic heterocycles. The van der Waals surface area contributed by atoms with Crippen LogP contribution in [0, 0.1) is 17.8 Å². The van der Waals surface area contributed by atoms with E-state index in [-0.39, 0.29) is 0 Å². The van der Waals surface area contributed by atoms with Crippen molar-refractivity contribution in [3.8, 4) is 0 Å². The van der Waals surface area contributed by atoms with E-state index in [1.807, 2.05) is 18.2 Å². The van der Waals surface area contributed by atoms with Gasteiger partial charge in [0.2, 0.25) is 0 Å². The Morgan fingerprint density at radius 2 is 2.06 bits per heavy atom. The number of benzene rings is 1. The Labute approximate surface area is 118 Å². The molecule has 4 unspecified atom stereocenters. The van der Waals surface area contributed by atoms with Crippen molar-refractivity contribution in [1.29, 1.82) is 0 Å². The zero-order valence-electron chi connectivity index (χ0n) is 10.4. The second-order valence-corrected chi connectivity index (χ2v) is 6.26. The molecule has 1 aromatic rings. The van der Waals surface area contributed by atoms with Crippen LogP contribution in [0.15, 0.2) is 30.4 Å². The smallest absolute Gasteiger partial charge is 0.0823 e. The predicted molar refractivity (Wildman–Crippen MR) is 78.4 cm³/mol. The first kappa shape index (κ1) is 12.4. The second kappa shape index (κ2) is 4.79. The summed E-state index contributed by atoms with van der Waals surface area (Å²) in [4.78, 5) is 0. The van der Waals surface area contributed by atoms with Gasteiger partial charge in [-0.1, -0.05) is 41.4 Å². The van der Waals surface area contributed by atoms with Crippen molar-refractivity contribution in [3.63, 3.8) is 0 Å². The van der Waals surface area contributed by atoms with Crippen LogP contribution in [0.3, 0.4) is 0 Å². The third kappa shape index (κ3) is 2.15. The highest BCUT2D eigenvalue weighted by atomic mass is 35.5. The molecule has 3 rings (SSSR count). The Balaban J connectivity index is 1.73. The fourth-order valence-corrected chi connectivity index (χ4v) is 3.72. The summed E-state index contributed by atoms with van der Waals surface area (Å²) in [5.41, 5.74) is 0.948. The molecule has 1 nitrogen and oxygen atoms in total. The molecule has 4 atom stereocenters. The maximum Gasteiger partial charge on any atom is 0.0823 e. The van der Waals surface area contributed by atoms with E-state index < -0.39 is 0 Å². The standard InChI is InChI=1S/C15H17Cl2N/c1-9(12-8-10-5-6-11(12)7-10)18-14-4-2-3-13(16)15(14)17/h2-6,9-12,18H,7-8H2,1H3. The molecular formula is C15H17Cl2N. The summed E-state index contributed by atoms with van der Waals surface area (Å²) >= 11 is 12.3. The van der Waals surface area contributed by atoms with Gasteiger partial charge >= 0.3 is 0 Å². The van der Waals surface area contributed by atoms with Gasteiger partial charge < -0.3 is 5.32 Å². The van der Waals surface area contributed by atoms with E-state index in [0.29, 0.717) is 16.1 Å². The molecule has 2 aliphatic carbocycles. The molecule has 96 valence electrons. The number of fused-ring (bicyclic) bond motifs is 2. The van der Waals surface area contributed by atoms with Gasteiger partial charge in [-0.25, -0.2) is 0 Å². The van der Waals surface area contributed by atoms with Crippen molar-refractivity contribution in [2.75, 3.05) is 5.32 Å². The summed E-state index contributed by atoms with van der Waals surface area (Å²) in [6.45, 7) is 2.25. The van der Waals surface area contributed by atoms with Gasteiger partial charge in [0.1, 0.15) is 0 Å². The predicted octanol–water partition coefficient (Wildman–Crippen LogP) is 5.01. The average Bonchev–Trinajstić information content (AvgIpc) is 2.97. The Morgan fingerprint density at radius 1 is 1.22 bits per heavy atom. The van der Waals surface area contributed by atoms with Gasteiger partial charge in [0.25, 0.3) is 0 Å². The number of halogens is 2.